The molecule has 0 spiro atoms. The van der Waals surface area contributed by atoms with Crippen molar-refractivity contribution in [1.82, 2.24) is 9.80 Å². The van der Waals surface area contributed by atoms with Crippen molar-refractivity contribution in [2.24, 2.45) is 16.3 Å². The predicted molar refractivity (Wildman–Crippen MR) is 174 cm³/mol. The second-order valence-corrected chi connectivity index (χ2v) is 13.2. The Morgan fingerprint density at radius 3 is 2.46 bits per heavy atom. The number of alkyl halides is 3. The highest BCUT2D eigenvalue weighted by molar-refractivity contribution is 6.00. The summed E-state index contributed by atoms with van der Waals surface area (Å²) in [5, 5.41) is 20.3. The van der Waals surface area contributed by atoms with Gasteiger partial charge in [-0.2, -0.15) is 18.4 Å². The van der Waals surface area contributed by atoms with Gasteiger partial charge in [-0.25, -0.2) is 0 Å². The van der Waals surface area contributed by atoms with E-state index < -0.39 is 52.0 Å². The van der Waals surface area contributed by atoms with Crippen LogP contribution in [0.15, 0.2) is 52.6 Å². The molecule has 12 heteroatoms. The molecule has 1 aromatic rings. The predicted octanol–water partition coefficient (Wildman–Crippen LogP) is 6.25. The Hall–Kier alpha value is -4.14. The quantitative estimate of drug-likeness (QED) is 0.297. The summed E-state index contributed by atoms with van der Waals surface area (Å²) >= 11 is 0. The van der Waals surface area contributed by atoms with Gasteiger partial charge in [0.05, 0.1) is 34.9 Å². The summed E-state index contributed by atoms with van der Waals surface area (Å²) in [4.78, 5) is 46.9. The number of amides is 2. The molecule has 0 radical (unpaired) electrons. The van der Waals surface area contributed by atoms with Crippen molar-refractivity contribution in [3.63, 3.8) is 0 Å². The van der Waals surface area contributed by atoms with Crippen LogP contribution >= 0.6 is 0 Å². The fourth-order valence-electron chi connectivity index (χ4n) is 7.19. The summed E-state index contributed by atoms with van der Waals surface area (Å²) in [5.41, 5.74) is -2.89. The minimum absolute atomic E-state index is 0.0496. The molecule has 1 N–H and O–H groups in total. The number of likely N-dealkylation sites (tertiary alicyclic amines) is 2. The van der Waals surface area contributed by atoms with Crippen molar-refractivity contribution in [3.05, 3.63) is 53.1 Å². The minimum atomic E-state index is -4.74. The van der Waals surface area contributed by atoms with E-state index in [1.165, 1.54) is 11.0 Å². The van der Waals surface area contributed by atoms with E-state index in [4.69, 9.17) is 4.74 Å². The summed E-state index contributed by atoms with van der Waals surface area (Å²) in [6, 6.07) is 9.03. The largest absolute Gasteiger partial charge is 0.492 e. The third-order valence-electron chi connectivity index (χ3n) is 9.92. The van der Waals surface area contributed by atoms with Crippen molar-refractivity contribution in [2.75, 3.05) is 32.8 Å². The fourth-order valence-corrected chi connectivity index (χ4v) is 7.19. The van der Waals surface area contributed by atoms with Gasteiger partial charge in [-0.15, -0.1) is 0 Å². The Balaban J connectivity index is 1.52. The number of carboxylic acid groups (broad SMARTS) is 1. The first-order valence-electron chi connectivity index (χ1n) is 16.8. The zero-order chi connectivity index (χ0) is 35.1. The lowest BCUT2D eigenvalue weighted by atomic mass is 9.73. The number of carbonyl (C=O) groups is 3. The molecule has 0 aliphatic carbocycles. The van der Waals surface area contributed by atoms with Crippen LogP contribution in [-0.4, -0.2) is 83.9 Å². The van der Waals surface area contributed by atoms with Crippen LogP contribution in [0.1, 0.15) is 77.7 Å². The summed E-state index contributed by atoms with van der Waals surface area (Å²) in [5.74, 6) is -2.00. The number of carbonyl (C=O) groups excluding carboxylic acids is 2. The molecule has 0 bridgehead atoms. The SMILES string of the molecule is CCCC1C(C(=O)N2CCC(C#N)(c3ccccc3OCC(C)(CCC)C(=O)O)CC2)CCCN1C(=O)C1=CCN=CC=C1C(F)(F)F. The molecule has 3 atom stereocenters. The molecule has 48 heavy (non-hydrogen) atoms. The molecular formula is C36H45F3N4O5. The zero-order valence-corrected chi connectivity index (χ0v) is 27.9. The van der Waals surface area contributed by atoms with E-state index in [-0.39, 0.29) is 38.7 Å². The smallest absolute Gasteiger partial charge is 0.417 e. The first-order chi connectivity index (χ1) is 22.8. The third kappa shape index (κ3) is 7.77. The molecular weight excluding hydrogens is 625 g/mol. The number of halogens is 3. The average molecular weight is 671 g/mol. The van der Waals surface area contributed by atoms with Crippen LogP contribution in [0.3, 0.4) is 0 Å². The number of aliphatic imine (C=N–C) groups is 1. The number of piperidine rings is 2. The number of allylic oxidation sites excluding steroid dienone is 1. The van der Waals surface area contributed by atoms with E-state index in [1.807, 2.05) is 19.9 Å². The Labute approximate surface area is 280 Å². The lowest BCUT2D eigenvalue weighted by Gasteiger charge is -2.45. The van der Waals surface area contributed by atoms with Gasteiger partial charge in [0, 0.05) is 43.0 Å². The molecule has 0 aromatic heterocycles. The maximum Gasteiger partial charge on any atom is 0.417 e. The van der Waals surface area contributed by atoms with Crippen molar-refractivity contribution >= 4 is 24.0 Å². The maximum atomic E-state index is 14.1. The first-order valence-corrected chi connectivity index (χ1v) is 16.8. The van der Waals surface area contributed by atoms with Gasteiger partial charge in [0.25, 0.3) is 5.91 Å². The average Bonchev–Trinajstić information content (AvgIpc) is 3.34. The highest BCUT2D eigenvalue weighted by atomic mass is 19.4. The number of aliphatic carboxylic acids is 1. The molecule has 3 unspecified atom stereocenters. The molecule has 2 saturated heterocycles. The van der Waals surface area contributed by atoms with Gasteiger partial charge in [0.15, 0.2) is 0 Å². The second-order valence-electron chi connectivity index (χ2n) is 13.2. The molecule has 3 heterocycles. The maximum absolute atomic E-state index is 14.1. The van der Waals surface area contributed by atoms with Crippen LogP contribution in [0.2, 0.25) is 0 Å². The number of nitriles is 1. The normalized spacial score (nSPS) is 22.4. The molecule has 9 nitrogen and oxygen atoms in total. The van der Waals surface area contributed by atoms with Crippen molar-refractivity contribution < 1.29 is 37.4 Å². The van der Waals surface area contributed by atoms with E-state index in [1.54, 1.807) is 30.0 Å². The summed E-state index contributed by atoms with van der Waals surface area (Å²) < 4.78 is 47.9. The van der Waals surface area contributed by atoms with Gasteiger partial charge in [0.1, 0.15) is 12.4 Å². The summed E-state index contributed by atoms with van der Waals surface area (Å²) in [6.45, 7) is 6.17. The Morgan fingerprint density at radius 2 is 1.83 bits per heavy atom. The van der Waals surface area contributed by atoms with Crippen LogP contribution < -0.4 is 4.74 Å². The second kappa shape index (κ2) is 15.4. The Kier molecular flexibility index (Phi) is 11.8. The van der Waals surface area contributed by atoms with Gasteiger partial charge in [0.2, 0.25) is 5.91 Å². The number of benzene rings is 1. The fraction of sp³-hybridized carbons (Fsp3) is 0.583. The monoisotopic (exact) mass is 670 g/mol. The van der Waals surface area contributed by atoms with E-state index in [9.17, 15) is 37.9 Å². The highest BCUT2D eigenvalue weighted by Crippen LogP contribution is 2.42. The van der Waals surface area contributed by atoms with Crippen molar-refractivity contribution in [3.8, 4) is 11.8 Å². The summed E-state index contributed by atoms with van der Waals surface area (Å²) in [6.07, 6.45) is 2.19. The van der Waals surface area contributed by atoms with Gasteiger partial charge in [-0.1, -0.05) is 44.9 Å². The van der Waals surface area contributed by atoms with Crippen molar-refractivity contribution in [2.45, 2.75) is 89.8 Å². The van der Waals surface area contributed by atoms with Crippen LogP contribution in [-0.2, 0) is 19.8 Å². The standard InChI is InChI=1S/C36H45F3N4O5/c1-4-9-29-26(10-8-20-43(29)32(45)25-13-18-41-19-14-27(25)36(37,38)39)31(44)42-21-16-35(23-40,17-22-42)28-11-6-7-12-30(28)48-24-34(3,15-5-2)33(46)47/h6-7,11-14,19,26,29H,4-5,8-10,15-18,20-22,24H2,1-3H3,(H,46,47). The van der Waals surface area contributed by atoms with E-state index in [0.717, 1.165) is 12.3 Å². The number of carboxylic acids is 1. The number of ether oxygens (including phenoxy) is 1. The molecule has 0 saturated carbocycles. The molecule has 1 aromatic carbocycles. The van der Waals surface area contributed by atoms with Crippen LogP contribution in [0.25, 0.3) is 0 Å². The molecule has 3 aliphatic rings. The molecule has 4 rings (SSSR count). The summed E-state index contributed by atoms with van der Waals surface area (Å²) in [7, 11) is 0. The zero-order valence-electron chi connectivity index (χ0n) is 27.9. The third-order valence-corrected chi connectivity index (χ3v) is 9.92. The molecule has 260 valence electrons. The topological polar surface area (TPSA) is 123 Å². The minimum Gasteiger partial charge on any atom is -0.492 e. The molecule has 2 amide bonds. The Morgan fingerprint density at radius 1 is 1.12 bits per heavy atom. The van der Waals surface area contributed by atoms with Crippen LogP contribution in [0, 0.1) is 22.7 Å². The van der Waals surface area contributed by atoms with Gasteiger partial charge in [-0.05, 0) is 63.7 Å². The number of para-hydroxylation sites is 1. The van der Waals surface area contributed by atoms with Gasteiger partial charge < -0.3 is 19.6 Å². The Bertz CT molecular complexity index is 1490. The number of rotatable bonds is 11. The van der Waals surface area contributed by atoms with E-state index in [0.29, 0.717) is 62.7 Å². The molecule has 3 aliphatic heterocycles. The number of nitrogens with zero attached hydrogens (tertiary/aromatic N) is 4. The van der Waals surface area contributed by atoms with E-state index in [2.05, 4.69) is 11.1 Å². The molecule has 2 fully saturated rings. The van der Waals surface area contributed by atoms with Gasteiger partial charge in [-0.3, -0.25) is 19.4 Å². The lowest BCUT2D eigenvalue weighted by Crippen LogP contribution is -2.55. The van der Waals surface area contributed by atoms with Crippen LogP contribution in [0.4, 0.5) is 13.2 Å². The van der Waals surface area contributed by atoms with Gasteiger partial charge >= 0.3 is 12.1 Å². The van der Waals surface area contributed by atoms with Crippen molar-refractivity contribution in [1.29, 1.82) is 5.26 Å². The highest BCUT2D eigenvalue weighted by Gasteiger charge is 2.46. The lowest BCUT2D eigenvalue weighted by molar-refractivity contribution is -0.150. The van der Waals surface area contributed by atoms with Crippen LogP contribution in [0.5, 0.6) is 5.75 Å². The number of hydrogen-bond donors (Lipinski definition) is 1. The number of hydrogen-bond acceptors (Lipinski definition) is 6. The van der Waals surface area contributed by atoms with E-state index >= 15 is 0 Å². The first kappa shape index (κ1) is 36.7.